The van der Waals surface area contributed by atoms with E-state index in [-0.39, 0.29) is 42.5 Å². The molecule has 5 rings (SSSR count). The van der Waals surface area contributed by atoms with Crippen LogP contribution in [0.5, 0.6) is 17.2 Å². The molecule has 3 aliphatic heterocycles. The second kappa shape index (κ2) is 13.9. The number of hydrogen-bond acceptors (Lipinski definition) is 8. The number of amides is 5. The molecule has 0 aliphatic carbocycles. The minimum Gasteiger partial charge on any atom is -0.507 e. The maximum absolute atomic E-state index is 13.2. The largest absolute Gasteiger partial charge is 0.507 e. The molecule has 2 aromatic carbocycles. The lowest BCUT2D eigenvalue weighted by molar-refractivity contribution is -0.132. The van der Waals surface area contributed by atoms with Gasteiger partial charge in [-0.15, -0.1) is 0 Å². The number of cyclic esters (lactones) is 1. The van der Waals surface area contributed by atoms with Crippen LogP contribution in [0.25, 0.3) is 0 Å². The van der Waals surface area contributed by atoms with Gasteiger partial charge >= 0.3 is 6.09 Å². The molecular formula is C30H37N5O8. The Kier molecular flexibility index (Phi) is 10.1. The standard InChI is InChI=1S/C30H37N5O8/c1-17(2)25-29(40)32-18(3)26(37)33-23(28(39)31-11-13-35-12-4-14-42-30(35)41)15-19-5-7-20(8-6-19)43-21-9-10-24(36)22(16-21)27(38)34-25/h5-10,16-18,23,25,36H,4,11-15H2,1-3H3,(H,31,39)(H,32,40)(H,33,37)(H,34,38)/t18-,23+,25-/m0/s1. The number of hydrogen-bond donors (Lipinski definition) is 5. The molecule has 3 heterocycles. The molecule has 4 bridgehead atoms. The molecule has 5 N–H and O–H groups in total. The van der Waals surface area contributed by atoms with E-state index < -0.39 is 47.8 Å². The van der Waals surface area contributed by atoms with Crippen LogP contribution in [0, 0.1) is 5.92 Å². The van der Waals surface area contributed by atoms with Crippen molar-refractivity contribution in [2.24, 2.45) is 5.92 Å². The summed E-state index contributed by atoms with van der Waals surface area (Å²) in [5.74, 6) is -2.29. The highest BCUT2D eigenvalue weighted by Gasteiger charge is 2.30. The van der Waals surface area contributed by atoms with Crippen LogP contribution in [-0.4, -0.2) is 84.1 Å². The van der Waals surface area contributed by atoms with E-state index in [2.05, 4.69) is 21.3 Å². The highest BCUT2D eigenvalue weighted by Crippen LogP contribution is 2.28. The minimum absolute atomic E-state index is 0.0782. The van der Waals surface area contributed by atoms with Gasteiger partial charge in [-0.25, -0.2) is 4.79 Å². The Bertz CT molecular complexity index is 1360. The van der Waals surface area contributed by atoms with Gasteiger partial charge in [-0.3, -0.25) is 19.2 Å². The zero-order chi connectivity index (χ0) is 31.1. The second-order valence-electron chi connectivity index (χ2n) is 10.9. The van der Waals surface area contributed by atoms with E-state index in [0.717, 1.165) is 5.56 Å². The monoisotopic (exact) mass is 595 g/mol. The number of nitrogens with one attached hydrogen (secondary N) is 4. The Labute approximate surface area is 249 Å². The highest BCUT2D eigenvalue weighted by molar-refractivity contribution is 6.00. The molecule has 0 spiro atoms. The van der Waals surface area contributed by atoms with E-state index in [4.69, 9.17) is 9.47 Å². The fraction of sp³-hybridized carbons (Fsp3) is 0.433. The summed E-state index contributed by atoms with van der Waals surface area (Å²) in [6.45, 7) is 6.25. The molecule has 0 saturated carbocycles. The normalized spacial score (nSPS) is 21.5. The van der Waals surface area contributed by atoms with Gasteiger partial charge in [0.15, 0.2) is 0 Å². The molecular weight excluding hydrogens is 558 g/mol. The molecule has 0 unspecified atom stereocenters. The third kappa shape index (κ3) is 8.15. The van der Waals surface area contributed by atoms with Crippen LogP contribution >= 0.6 is 0 Å². The molecule has 0 aromatic heterocycles. The van der Waals surface area contributed by atoms with Crippen molar-refractivity contribution in [3.05, 3.63) is 53.6 Å². The van der Waals surface area contributed by atoms with E-state index in [1.54, 1.807) is 38.1 Å². The Morgan fingerprint density at radius 3 is 2.44 bits per heavy atom. The fourth-order valence-electron chi connectivity index (χ4n) is 4.69. The van der Waals surface area contributed by atoms with E-state index in [9.17, 15) is 29.1 Å². The summed E-state index contributed by atoms with van der Waals surface area (Å²) in [5.41, 5.74) is 0.640. The first-order chi connectivity index (χ1) is 20.5. The smallest absolute Gasteiger partial charge is 0.409 e. The highest BCUT2D eigenvalue weighted by atomic mass is 16.6. The second-order valence-corrected chi connectivity index (χ2v) is 10.9. The first kappa shape index (κ1) is 31.1. The number of aromatic hydroxyl groups is 1. The summed E-state index contributed by atoms with van der Waals surface area (Å²) in [4.78, 5) is 66.1. The maximum Gasteiger partial charge on any atom is 0.409 e. The summed E-state index contributed by atoms with van der Waals surface area (Å²) in [6, 6.07) is 7.97. The van der Waals surface area contributed by atoms with Gasteiger partial charge in [0.1, 0.15) is 35.4 Å². The van der Waals surface area contributed by atoms with E-state index in [1.165, 1.54) is 30.0 Å². The zero-order valence-corrected chi connectivity index (χ0v) is 24.3. The van der Waals surface area contributed by atoms with Crippen molar-refractivity contribution in [3.8, 4) is 17.2 Å². The Hall–Kier alpha value is -4.81. The van der Waals surface area contributed by atoms with Gasteiger partial charge in [0.05, 0.1) is 12.2 Å². The molecule has 13 nitrogen and oxygen atoms in total. The lowest BCUT2D eigenvalue weighted by atomic mass is 10.0. The zero-order valence-electron chi connectivity index (χ0n) is 24.3. The number of rotatable bonds is 5. The van der Waals surface area contributed by atoms with Gasteiger partial charge in [0.2, 0.25) is 17.7 Å². The molecule has 1 fully saturated rings. The molecule has 5 amide bonds. The summed E-state index contributed by atoms with van der Waals surface area (Å²) >= 11 is 0. The number of ether oxygens (including phenoxy) is 2. The van der Waals surface area contributed by atoms with Gasteiger partial charge < -0.3 is 40.7 Å². The average molecular weight is 596 g/mol. The SMILES string of the molecule is CC(C)[C@@H]1NC(=O)c2cc(ccc2O)Oc2ccc(cc2)C[C@H](C(=O)NCCN2CCCOC2=O)NC(=O)[C@H](C)NC1=O. The van der Waals surface area contributed by atoms with E-state index in [1.807, 2.05) is 0 Å². The molecule has 43 heavy (non-hydrogen) atoms. The first-order valence-corrected chi connectivity index (χ1v) is 14.2. The number of carbonyl (C=O) groups excluding carboxylic acids is 5. The van der Waals surface area contributed by atoms with Crippen LogP contribution in [0.3, 0.4) is 0 Å². The van der Waals surface area contributed by atoms with Gasteiger partial charge in [0, 0.05) is 26.1 Å². The van der Waals surface area contributed by atoms with Crippen molar-refractivity contribution < 1.29 is 38.6 Å². The number of fused-ring (bicyclic) bond motifs is 11. The molecule has 3 aliphatic rings. The quantitative estimate of drug-likeness (QED) is 0.323. The van der Waals surface area contributed by atoms with Crippen LogP contribution in [-0.2, 0) is 25.5 Å². The number of carbonyl (C=O) groups is 5. The van der Waals surface area contributed by atoms with Crippen molar-refractivity contribution in [3.63, 3.8) is 0 Å². The third-order valence-electron chi connectivity index (χ3n) is 7.17. The van der Waals surface area contributed by atoms with Gasteiger partial charge in [-0.05, 0) is 55.2 Å². The summed E-state index contributed by atoms with van der Waals surface area (Å²) < 4.78 is 10.9. The maximum atomic E-state index is 13.2. The van der Waals surface area contributed by atoms with Gasteiger partial charge in [-0.2, -0.15) is 0 Å². The van der Waals surface area contributed by atoms with Crippen LogP contribution in [0.15, 0.2) is 42.5 Å². The van der Waals surface area contributed by atoms with Gasteiger partial charge in [-0.1, -0.05) is 26.0 Å². The predicted octanol–water partition coefficient (Wildman–Crippen LogP) is 1.44. The van der Waals surface area contributed by atoms with Crippen molar-refractivity contribution in [1.29, 1.82) is 0 Å². The van der Waals surface area contributed by atoms with E-state index in [0.29, 0.717) is 25.3 Å². The number of benzene rings is 2. The molecule has 230 valence electrons. The number of phenols is 1. The molecule has 0 radical (unpaired) electrons. The third-order valence-corrected chi connectivity index (χ3v) is 7.17. The average Bonchev–Trinajstić information content (AvgIpc) is 2.97. The Balaban J connectivity index is 1.58. The first-order valence-electron chi connectivity index (χ1n) is 14.2. The number of phenolic OH excluding ortho intramolecular Hbond substituents is 1. The fourth-order valence-corrected chi connectivity index (χ4v) is 4.69. The van der Waals surface area contributed by atoms with Crippen LogP contribution < -0.4 is 26.0 Å². The van der Waals surface area contributed by atoms with Crippen LogP contribution in [0.2, 0.25) is 0 Å². The van der Waals surface area contributed by atoms with Crippen LogP contribution in [0.4, 0.5) is 4.79 Å². The summed E-state index contributed by atoms with van der Waals surface area (Å²) in [6.07, 6.45) is 0.409. The Morgan fingerprint density at radius 2 is 1.74 bits per heavy atom. The summed E-state index contributed by atoms with van der Waals surface area (Å²) in [7, 11) is 0. The van der Waals surface area contributed by atoms with Crippen molar-refractivity contribution in [2.45, 2.75) is 51.7 Å². The summed E-state index contributed by atoms with van der Waals surface area (Å²) in [5, 5.41) is 21.1. The lowest BCUT2D eigenvalue weighted by Gasteiger charge is -2.27. The molecule has 13 heteroatoms. The minimum atomic E-state index is -1.05. The van der Waals surface area contributed by atoms with Crippen molar-refractivity contribution >= 4 is 29.7 Å². The Morgan fingerprint density at radius 1 is 1.02 bits per heavy atom. The molecule has 1 saturated heterocycles. The lowest BCUT2D eigenvalue weighted by Crippen LogP contribution is -2.57. The van der Waals surface area contributed by atoms with Crippen molar-refractivity contribution in [1.82, 2.24) is 26.2 Å². The van der Waals surface area contributed by atoms with Crippen molar-refractivity contribution in [2.75, 3.05) is 26.2 Å². The molecule has 3 atom stereocenters. The predicted molar refractivity (Wildman–Crippen MR) is 155 cm³/mol. The molecule has 2 aromatic rings. The topological polar surface area (TPSA) is 175 Å². The van der Waals surface area contributed by atoms with Gasteiger partial charge in [0.25, 0.3) is 5.91 Å². The van der Waals surface area contributed by atoms with E-state index >= 15 is 0 Å². The number of nitrogens with zero attached hydrogens (tertiary/aromatic N) is 1. The van der Waals surface area contributed by atoms with Crippen LogP contribution in [0.1, 0.15) is 43.1 Å².